The largest absolute Gasteiger partial charge is 0.412 e. The van der Waals surface area contributed by atoms with Crippen LogP contribution in [0.4, 0.5) is 17.6 Å². The quantitative estimate of drug-likeness (QED) is 0.543. The minimum atomic E-state index is -4.65. The van der Waals surface area contributed by atoms with Crippen molar-refractivity contribution < 1.29 is 17.6 Å². The highest BCUT2D eigenvalue weighted by molar-refractivity contribution is 5.59. The Hall–Kier alpha value is -2.10. The Kier molecular flexibility index (Phi) is 6.18. The van der Waals surface area contributed by atoms with Gasteiger partial charge in [0.25, 0.3) is 0 Å². The van der Waals surface area contributed by atoms with Crippen molar-refractivity contribution in [2.75, 3.05) is 0 Å². The summed E-state index contributed by atoms with van der Waals surface area (Å²) in [5, 5.41) is 0. The summed E-state index contributed by atoms with van der Waals surface area (Å²) < 4.78 is 49.9. The first-order valence-electron chi connectivity index (χ1n) is 7.99. The van der Waals surface area contributed by atoms with Crippen molar-refractivity contribution in [3.05, 3.63) is 76.9 Å². The molecule has 0 heterocycles. The molecule has 128 valence electrons. The zero-order valence-electron chi connectivity index (χ0n) is 13.5. The third kappa shape index (κ3) is 5.84. The lowest BCUT2D eigenvalue weighted by atomic mass is 10.0. The maximum absolute atomic E-state index is 13.5. The fourth-order valence-electron chi connectivity index (χ4n) is 2.51. The summed E-state index contributed by atoms with van der Waals surface area (Å²) in [6.07, 6.45) is -1.18. The number of halogens is 4. The molecule has 2 aromatic carbocycles. The average Bonchev–Trinajstić information content (AvgIpc) is 2.53. The van der Waals surface area contributed by atoms with Crippen LogP contribution in [-0.4, -0.2) is 6.18 Å². The zero-order chi connectivity index (χ0) is 17.6. The maximum atomic E-state index is 13.5. The van der Waals surface area contributed by atoms with E-state index in [1.165, 1.54) is 23.3 Å². The van der Waals surface area contributed by atoms with Gasteiger partial charge in [-0.3, -0.25) is 0 Å². The van der Waals surface area contributed by atoms with Crippen molar-refractivity contribution in [1.82, 2.24) is 0 Å². The van der Waals surface area contributed by atoms with E-state index in [4.69, 9.17) is 0 Å². The molecule has 0 spiro atoms. The van der Waals surface area contributed by atoms with Crippen molar-refractivity contribution in [3.8, 4) is 0 Å². The van der Waals surface area contributed by atoms with E-state index >= 15 is 0 Å². The van der Waals surface area contributed by atoms with Gasteiger partial charge in [-0.2, -0.15) is 13.2 Å². The van der Waals surface area contributed by atoms with Gasteiger partial charge < -0.3 is 0 Å². The molecule has 0 nitrogen and oxygen atoms in total. The standard InChI is InChI=1S/C20H20F4/c1-2-3-15-4-6-16(7-5-15)8-9-17-10-12-18(13-11-17)19(21)14-20(22,23)24/h4-7,10-14H,2-3,8-9H2,1H3. The predicted molar refractivity (Wildman–Crippen MR) is 89.4 cm³/mol. The maximum Gasteiger partial charge on any atom is 0.412 e. The van der Waals surface area contributed by atoms with Crippen LogP contribution in [-0.2, 0) is 19.3 Å². The van der Waals surface area contributed by atoms with E-state index in [2.05, 4.69) is 31.2 Å². The van der Waals surface area contributed by atoms with Crippen LogP contribution in [0.1, 0.15) is 35.6 Å². The Morgan fingerprint density at radius 1 is 0.792 bits per heavy atom. The molecule has 4 heteroatoms. The summed E-state index contributed by atoms with van der Waals surface area (Å²) in [7, 11) is 0. The molecular formula is C20H20F4. The van der Waals surface area contributed by atoms with Crippen LogP contribution >= 0.6 is 0 Å². The fourth-order valence-corrected chi connectivity index (χ4v) is 2.51. The SMILES string of the molecule is CCCc1ccc(CCc2ccc(C(F)=CC(F)(F)F)cc2)cc1. The van der Waals surface area contributed by atoms with Crippen LogP contribution in [0.5, 0.6) is 0 Å². The van der Waals surface area contributed by atoms with E-state index < -0.39 is 12.0 Å². The summed E-state index contributed by atoms with van der Waals surface area (Å²) in [6, 6.07) is 14.6. The number of hydrogen-bond donors (Lipinski definition) is 0. The minimum Gasteiger partial charge on any atom is -0.206 e. The highest BCUT2D eigenvalue weighted by Crippen LogP contribution is 2.25. The first kappa shape index (κ1) is 18.2. The zero-order valence-corrected chi connectivity index (χ0v) is 13.5. The Bertz CT molecular complexity index is 664. The third-order valence-corrected chi connectivity index (χ3v) is 3.78. The third-order valence-electron chi connectivity index (χ3n) is 3.78. The van der Waals surface area contributed by atoms with Crippen LogP contribution in [0.15, 0.2) is 54.6 Å². The molecule has 0 aliphatic heterocycles. The van der Waals surface area contributed by atoms with E-state index in [9.17, 15) is 17.6 Å². The molecule has 0 saturated heterocycles. The Morgan fingerprint density at radius 2 is 1.21 bits per heavy atom. The average molecular weight is 336 g/mol. The summed E-state index contributed by atoms with van der Waals surface area (Å²) >= 11 is 0. The fraction of sp³-hybridized carbons (Fsp3) is 0.300. The van der Waals surface area contributed by atoms with Crippen LogP contribution in [0, 0.1) is 0 Å². The van der Waals surface area contributed by atoms with Gasteiger partial charge in [0, 0.05) is 5.56 Å². The number of aryl methyl sites for hydroxylation is 3. The van der Waals surface area contributed by atoms with Gasteiger partial charge in [-0.15, -0.1) is 0 Å². The van der Waals surface area contributed by atoms with E-state index in [0.29, 0.717) is 0 Å². The lowest BCUT2D eigenvalue weighted by Crippen LogP contribution is -2.02. The van der Waals surface area contributed by atoms with Crippen LogP contribution in [0.25, 0.3) is 5.83 Å². The van der Waals surface area contributed by atoms with Crippen molar-refractivity contribution in [2.45, 2.75) is 38.8 Å². The van der Waals surface area contributed by atoms with E-state index in [-0.39, 0.29) is 11.6 Å². The Balaban J connectivity index is 1.95. The molecular weight excluding hydrogens is 316 g/mol. The normalized spacial score (nSPS) is 12.5. The molecule has 24 heavy (non-hydrogen) atoms. The smallest absolute Gasteiger partial charge is 0.206 e. The Labute approximate surface area is 139 Å². The molecule has 0 bridgehead atoms. The topological polar surface area (TPSA) is 0 Å². The number of alkyl halides is 3. The van der Waals surface area contributed by atoms with Crippen molar-refractivity contribution in [2.24, 2.45) is 0 Å². The molecule has 0 amide bonds. The van der Waals surface area contributed by atoms with Gasteiger partial charge in [-0.25, -0.2) is 4.39 Å². The highest BCUT2D eigenvalue weighted by atomic mass is 19.4. The van der Waals surface area contributed by atoms with Gasteiger partial charge in [-0.05, 0) is 36.0 Å². The second-order valence-electron chi connectivity index (χ2n) is 5.80. The molecule has 0 aromatic heterocycles. The molecule has 0 aliphatic rings. The van der Waals surface area contributed by atoms with E-state index in [1.807, 2.05) is 0 Å². The second-order valence-corrected chi connectivity index (χ2v) is 5.80. The first-order chi connectivity index (χ1) is 11.4. The van der Waals surface area contributed by atoms with E-state index in [1.54, 1.807) is 12.1 Å². The first-order valence-corrected chi connectivity index (χ1v) is 7.99. The number of allylic oxidation sites excluding steroid dienone is 1. The summed E-state index contributed by atoms with van der Waals surface area (Å²) in [4.78, 5) is 0. The summed E-state index contributed by atoms with van der Waals surface area (Å²) in [5.41, 5.74) is 3.44. The minimum absolute atomic E-state index is 0.0556. The molecule has 0 N–H and O–H groups in total. The van der Waals surface area contributed by atoms with Crippen molar-refractivity contribution >= 4 is 5.83 Å². The predicted octanol–water partition coefficient (Wildman–Crippen LogP) is 6.30. The number of benzene rings is 2. The summed E-state index contributed by atoms with van der Waals surface area (Å²) in [6.45, 7) is 2.14. The summed E-state index contributed by atoms with van der Waals surface area (Å²) in [5.74, 6) is -1.26. The van der Waals surface area contributed by atoms with Gasteiger partial charge in [0.2, 0.25) is 0 Å². The van der Waals surface area contributed by atoms with Gasteiger partial charge in [-0.1, -0.05) is 61.9 Å². The Morgan fingerprint density at radius 3 is 1.62 bits per heavy atom. The monoisotopic (exact) mass is 336 g/mol. The van der Waals surface area contributed by atoms with E-state index in [0.717, 1.165) is 31.2 Å². The van der Waals surface area contributed by atoms with Crippen LogP contribution in [0.3, 0.4) is 0 Å². The number of hydrogen-bond acceptors (Lipinski definition) is 0. The van der Waals surface area contributed by atoms with Crippen LogP contribution < -0.4 is 0 Å². The van der Waals surface area contributed by atoms with Gasteiger partial charge in [0.1, 0.15) is 5.83 Å². The van der Waals surface area contributed by atoms with Crippen LogP contribution in [0.2, 0.25) is 0 Å². The van der Waals surface area contributed by atoms with Gasteiger partial charge in [0.15, 0.2) is 0 Å². The molecule has 0 fully saturated rings. The molecule has 0 saturated carbocycles. The number of rotatable bonds is 6. The molecule has 2 aromatic rings. The second kappa shape index (κ2) is 8.13. The highest BCUT2D eigenvalue weighted by Gasteiger charge is 2.25. The lowest BCUT2D eigenvalue weighted by molar-refractivity contribution is -0.0798. The molecule has 0 radical (unpaired) electrons. The lowest BCUT2D eigenvalue weighted by Gasteiger charge is -2.06. The van der Waals surface area contributed by atoms with Gasteiger partial charge in [0.05, 0.1) is 6.08 Å². The molecule has 0 unspecified atom stereocenters. The van der Waals surface area contributed by atoms with Gasteiger partial charge >= 0.3 is 6.18 Å². The molecule has 0 aliphatic carbocycles. The molecule has 0 atom stereocenters. The molecule has 2 rings (SSSR count). The van der Waals surface area contributed by atoms with Crippen molar-refractivity contribution in [1.29, 1.82) is 0 Å². The van der Waals surface area contributed by atoms with Crippen molar-refractivity contribution in [3.63, 3.8) is 0 Å².